The van der Waals surface area contributed by atoms with E-state index < -0.39 is 44.1 Å². The van der Waals surface area contributed by atoms with Gasteiger partial charge in [0.1, 0.15) is 11.9 Å². The SMILES string of the molecule is CC(C)(C)S(=O)(=O)NC(CCC1CC1)(c1cccc(C#N)c1)c1ccc(F)c(NC(=O)C2CCCN2C(=O)Nc2ccc(Cl)cc2)c1. The van der Waals surface area contributed by atoms with Crippen LogP contribution in [0.4, 0.5) is 20.6 Å². The lowest BCUT2D eigenvalue weighted by atomic mass is 9.79. The van der Waals surface area contributed by atoms with Gasteiger partial charge in [0.05, 0.1) is 27.6 Å². The van der Waals surface area contributed by atoms with E-state index in [1.165, 1.54) is 23.1 Å². The largest absolute Gasteiger partial charge is 0.322 e. The van der Waals surface area contributed by atoms with Gasteiger partial charge in [0.2, 0.25) is 15.9 Å². The molecule has 2 unspecified atom stereocenters. The maximum atomic E-state index is 15.5. The fourth-order valence-corrected chi connectivity index (χ4v) is 7.03. The summed E-state index contributed by atoms with van der Waals surface area (Å²) in [6.45, 7) is 5.13. The van der Waals surface area contributed by atoms with Gasteiger partial charge < -0.3 is 15.5 Å². The van der Waals surface area contributed by atoms with Crippen molar-refractivity contribution in [2.75, 3.05) is 17.2 Å². The Morgan fingerprint density at radius 1 is 1.00 bits per heavy atom. The highest BCUT2D eigenvalue weighted by Crippen LogP contribution is 2.43. The molecule has 2 aliphatic rings. The van der Waals surface area contributed by atoms with Crippen molar-refractivity contribution in [3.63, 3.8) is 0 Å². The third kappa shape index (κ3) is 7.78. The van der Waals surface area contributed by atoms with Crippen LogP contribution in [-0.4, -0.2) is 42.6 Å². The monoisotopic (exact) mass is 679 g/mol. The molecule has 9 nitrogen and oxygen atoms in total. The number of anilines is 2. The number of amides is 3. The second-order valence-corrected chi connectivity index (χ2v) is 16.1. The molecule has 0 radical (unpaired) electrons. The maximum absolute atomic E-state index is 15.5. The Morgan fingerprint density at radius 3 is 2.36 bits per heavy atom. The van der Waals surface area contributed by atoms with Gasteiger partial charge in [0.25, 0.3) is 0 Å². The number of benzene rings is 3. The molecule has 3 aromatic rings. The fourth-order valence-electron chi connectivity index (χ4n) is 5.80. The molecular weight excluding hydrogens is 641 g/mol. The number of hydrogen-bond donors (Lipinski definition) is 3. The van der Waals surface area contributed by atoms with E-state index in [2.05, 4.69) is 21.4 Å². The first kappa shape index (κ1) is 34.4. The summed E-state index contributed by atoms with van der Waals surface area (Å²) in [6, 6.07) is 18.3. The molecule has 5 rings (SSSR count). The molecule has 2 fully saturated rings. The number of rotatable bonds is 10. The third-order valence-electron chi connectivity index (χ3n) is 8.85. The van der Waals surface area contributed by atoms with E-state index in [-0.39, 0.29) is 5.69 Å². The highest BCUT2D eigenvalue weighted by Gasteiger charge is 2.44. The summed E-state index contributed by atoms with van der Waals surface area (Å²) < 4.78 is 44.9. The summed E-state index contributed by atoms with van der Waals surface area (Å²) in [7, 11) is -3.98. The molecule has 1 aliphatic carbocycles. The van der Waals surface area contributed by atoms with Crippen molar-refractivity contribution in [2.45, 2.75) is 75.6 Å². The summed E-state index contributed by atoms with van der Waals surface area (Å²) in [5.41, 5.74) is 0.315. The molecule has 3 N–H and O–H groups in total. The number of carbonyl (C=O) groups excluding carboxylic acids is 2. The Bertz CT molecular complexity index is 1800. The van der Waals surface area contributed by atoms with Crippen LogP contribution in [0.1, 0.15) is 76.0 Å². The lowest BCUT2D eigenvalue weighted by Gasteiger charge is -2.38. The molecule has 0 bridgehead atoms. The van der Waals surface area contributed by atoms with E-state index in [0.29, 0.717) is 65.5 Å². The van der Waals surface area contributed by atoms with Gasteiger partial charge in [0, 0.05) is 17.3 Å². The minimum atomic E-state index is -3.98. The van der Waals surface area contributed by atoms with Crippen LogP contribution < -0.4 is 15.4 Å². The molecule has 248 valence electrons. The van der Waals surface area contributed by atoms with Crippen molar-refractivity contribution in [1.82, 2.24) is 9.62 Å². The Kier molecular flexibility index (Phi) is 9.96. The topological polar surface area (TPSA) is 131 Å². The van der Waals surface area contributed by atoms with Crippen molar-refractivity contribution in [2.24, 2.45) is 5.92 Å². The molecule has 1 saturated carbocycles. The van der Waals surface area contributed by atoms with Crippen molar-refractivity contribution in [3.05, 3.63) is 94.3 Å². The zero-order chi connectivity index (χ0) is 34.0. The van der Waals surface area contributed by atoms with Crippen LogP contribution in [0, 0.1) is 23.1 Å². The highest BCUT2D eigenvalue weighted by atomic mass is 35.5. The van der Waals surface area contributed by atoms with Gasteiger partial charge in [0.15, 0.2) is 0 Å². The Balaban J connectivity index is 1.50. The quantitative estimate of drug-likeness (QED) is 0.210. The Morgan fingerprint density at radius 2 is 1.70 bits per heavy atom. The third-order valence-corrected chi connectivity index (χ3v) is 11.3. The molecule has 1 heterocycles. The Labute approximate surface area is 280 Å². The molecule has 2 atom stereocenters. The average molecular weight is 680 g/mol. The number of hydrogen-bond acceptors (Lipinski definition) is 5. The van der Waals surface area contributed by atoms with Gasteiger partial charge in [-0.1, -0.05) is 42.6 Å². The lowest BCUT2D eigenvalue weighted by molar-refractivity contribution is -0.119. The molecule has 0 aromatic heterocycles. The number of nitrogens with zero attached hydrogens (tertiary/aromatic N) is 2. The van der Waals surface area contributed by atoms with E-state index in [1.807, 2.05) is 0 Å². The smallest absolute Gasteiger partial charge is 0.322 e. The molecule has 1 saturated heterocycles. The first-order chi connectivity index (χ1) is 22.2. The molecule has 1 aliphatic heterocycles. The Hall–Kier alpha value is -3.98. The first-order valence-corrected chi connectivity index (χ1v) is 17.6. The van der Waals surface area contributed by atoms with Crippen molar-refractivity contribution >= 4 is 44.9 Å². The standard InChI is InChI=1S/C35H39ClFN5O4S/c1-34(2,3)47(45,46)41-35(18-17-23-9-10-23,25-7-4-6-24(20-25)22-38)26-11-16-29(37)30(21-26)40-32(43)31-8-5-19-42(31)33(44)39-28-14-12-27(36)13-15-28/h4,6-7,11-16,20-21,23,31,41H,5,8-10,17-19H2,1-3H3,(H,39,44)(H,40,43). The van der Waals surface area contributed by atoms with Crippen LogP contribution in [-0.2, 0) is 20.4 Å². The van der Waals surface area contributed by atoms with Gasteiger partial charge >= 0.3 is 6.03 Å². The lowest BCUT2D eigenvalue weighted by Crippen LogP contribution is -2.52. The minimum Gasteiger partial charge on any atom is -0.322 e. The summed E-state index contributed by atoms with van der Waals surface area (Å²) in [6.07, 6.45) is 4.09. The zero-order valence-electron chi connectivity index (χ0n) is 26.6. The second kappa shape index (κ2) is 13.6. The van der Waals surface area contributed by atoms with Crippen LogP contribution in [0.25, 0.3) is 0 Å². The number of halogens is 2. The van der Waals surface area contributed by atoms with Gasteiger partial charge in [-0.2, -0.15) is 5.26 Å². The van der Waals surface area contributed by atoms with Crippen LogP contribution in [0.2, 0.25) is 5.02 Å². The van der Waals surface area contributed by atoms with Crippen LogP contribution in [0.15, 0.2) is 66.7 Å². The summed E-state index contributed by atoms with van der Waals surface area (Å²) in [4.78, 5) is 28.1. The highest BCUT2D eigenvalue weighted by molar-refractivity contribution is 7.90. The van der Waals surface area contributed by atoms with Gasteiger partial charge in [-0.15, -0.1) is 0 Å². The van der Waals surface area contributed by atoms with E-state index in [9.17, 15) is 23.3 Å². The minimum absolute atomic E-state index is 0.139. The number of nitriles is 1. The molecule has 3 aromatic carbocycles. The maximum Gasteiger partial charge on any atom is 0.322 e. The van der Waals surface area contributed by atoms with E-state index in [0.717, 1.165) is 12.8 Å². The number of urea groups is 1. The van der Waals surface area contributed by atoms with Gasteiger partial charge in [-0.25, -0.2) is 22.3 Å². The number of sulfonamides is 1. The molecule has 3 amide bonds. The second-order valence-electron chi connectivity index (χ2n) is 13.3. The number of nitrogens with one attached hydrogen (secondary N) is 3. The molecular formula is C35H39ClFN5O4S. The summed E-state index contributed by atoms with van der Waals surface area (Å²) >= 11 is 5.95. The van der Waals surface area contributed by atoms with Gasteiger partial charge in [-0.3, -0.25) is 4.79 Å². The van der Waals surface area contributed by atoms with Crippen molar-refractivity contribution < 1.29 is 22.4 Å². The van der Waals surface area contributed by atoms with Crippen LogP contribution in [0.3, 0.4) is 0 Å². The average Bonchev–Trinajstić information content (AvgIpc) is 3.73. The van der Waals surface area contributed by atoms with E-state index >= 15 is 4.39 Å². The van der Waals surface area contributed by atoms with E-state index in [1.54, 1.807) is 69.3 Å². The van der Waals surface area contributed by atoms with Crippen LogP contribution >= 0.6 is 11.6 Å². The molecule has 0 spiro atoms. The predicted octanol–water partition coefficient (Wildman–Crippen LogP) is 7.14. The molecule has 47 heavy (non-hydrogen) atoms. The van der Waals surface area contributed by atoms with Crippen molar-refractivity contribution in [1.29, 1.82) is 5.26 Å². The first-order valence-electron chi connectivity index (χ1n) is 15.7. The summed E-state index contributed by atoms with van der Waals surface area (Å²) in [5.74, 6) is -0.840. The normalized spacial score (nSPS) is 17.9. The molecule has 12 heteroatoms. The van der Waals surface area contributed by atoms with Gasteiger partial charge in [-0.05, 0) is 112 Å². The summed E-state index contributed by atoms with van der Waals surface area (Å²) in [5, 5.41) is 15.7. The fraction of sp³-hybridized carbons (Fsp3) is 0.400. The predicted molar refractivity (Wildman–Crippen MR) is 181 cm³/mol. The van der Waals surface area contributed by atoms with Crippen LogP contribution in [0.5, 0.6) is 0 Å². The van der Waals surface area contributed by atoms with E-state index in [4.69, 9.17) is 11.6 Å². The number of likely N-dealkylation sites (tertiary alicyclic amines) is 1. The van der Waals surface area contributed by atoms with Crippen molar-refractivity contribution in [3.8, 4) is 6.07 Å². The zero-order valence-corrected chi connectivity index (χ0v) is 28.2. The number of carbonyl (C=O) groups is 2.